The maximum Gasteiger partial charge on any atom is 0.573 e. The van der Waals surface area contributed by atoms with Gasteiger partial charge < -0.3 is 4.74 Å². The lowest BCUT2D eigenvalue weighted by molar-refractivity contribution is -0.274. The van der Waals surface area contributed by atoms with Gasteiger partial charge >= 0.3 is 12.5 Å². The summed E-state index contributed by atoms with van der Waals surface area (Å²) in [6, 6.07) is 3.93. The predicted molar refractivity (Wildman–Crippen MR) is 61.3 cm³/mol. The SMILES string of the molecule is Fc1nccc(C(F)(F)F)c1-c1ccc(OC(F)(F)F)cc1. The fourth-order valence-electron chi connectivity index (χ4n) is 1.77. The highest BCUT2D eigenvalue weighted by Gasteiger charge is 2.35. The average molecular weight is 325 g/mol. The van der Waals surface area contributed by atoms with Crippen molar-refractivity contribution in [3.63, 3.8) is 0 Å². The number of aromatic nitrogens is 1. The highest BCUT2D eigenvalue weighted by Crippen LogP contribution is 2.38. The van der Waals surface area contributed by atoms with Gasteiger partial charge in [0.15, 0.2) is 0 Å². The molecule has 0 atom stereocenters. The van der Waals surface area contributed by atoms with Crippen molar-refractivity contribution in [2.45, 2.75) is 12.5 Å². The largest absolute Gasteiger partial charge is 0.573 e. The number of alkyl halides is 6. The van der Waals surface area contributed by atoms with E-state index in [9.17, 15) is 30.7 Å². The van der Waals surface area contributed by atoms with Crippen molar-refractivity contribution >= 4 is 0 Å². The lowest BCUT2D eigenvalue weighted by Crippen LogP contribution is -2.17. The molecule has 0 bridgehead atoms. The summed E-state index contributed by atoms with van der Waals surface area (Å²) >= 11 is 0. The van der Waals surface area contributed by atoms with E-state index in [1.807, 2.05) is 0 Å². The maximum absolute atomic E-state index is 13.6. The predicted octanol–water partition coefficient (Wildman–Crippen LogP) is 4.81. The van der Waals surface area contributed by atoms with Crippen molar-refractivity contribution in [2.75, 3.05) is 0 Å². The minimum atomic E-state index is -4.93. The van der Waals surface area contributed by atoms with Crippen molar-refractivity contribution < 1.29 is 35.5 Å². The van der Waals surface area contributed by atoms with Gasteiger partial charge in [0.25, 0.3) is 0 Å². The zero-order chi connectivity index (χ0) is 16.5. The zero-order valence-electron chi connectivity index (χ0n) is 10.5. The van der Waals surface area contributed by atoms with E-state index in [1.54, 1.807) is 0 Å². The number of hydrogen-bond acceptors (Lipinski definition) is 2. The van der Waals surface area contributed by atoms with Crippen LogP contribution in [0.4, 0.5) is 30.7 Å². The molecule has 0 amide bonds. The summed E-state index contributed by atoms with van der Waals surface area (Å²) in [5.41, 5.74) is -2.38. The smallest absolute Gasteiger partial charge is 0.406 e. The number of nitrogens with zero attached hydrogens (tertiary/aromatic N) is 1. The van der Waals surface area contributed by atoms with Crippen LogP contribution in [0.1, 0.15) is 5.56 Å². The highest BCUT2D eigenvalue weighted by molar-refractivity contribution is 5.68. The minimum absolute atomic E-state index is 0.271. The first-order chi connectivity index (χ1) is 10.1. The number of ether oxygens (including phenoxy) is 1. The van der Waals surface area contributed by atoms with Gasteiger partial charge in [-0.05, 0) is 23.8 Å². The number of benzene rings is 1. The molecular formula is C13H6F7NO. The van der Waals surface area contributed by atoms with Crippen LogP contribution in [0.3, 0.4) is 0 Å². The van der Waals surface area contributed by atoms with Crippen molar-refractivity contribution in [3.8, 4) is 16.9 Å². The molecule has 118 valence electrons. The van der Waals surface area contributed by atoms with E-state index in [-0.39, 0.29) is 5.56 Å². The average Bonchev–Trinajstić information content (AvgIpc) is 2.37. The third-order valence-electron chi connectivity index (χ3n) is 2.59. The van der Waals surface area contributed by atoms with Crippen molar-refractivity contribution in [3.05, 3.63) is 48.0 Å². The van der Waals surface area contributed by atoms with Crippen LogP contribution in [-0.2, 0) is 6.18 Å². The van der Waals surface area contributed by atoms with E-state index < -0.39 is 35.4 Å². The Morgan fingerprint density at radius 1 is 0.864 bits per heavy atom. The summed E-state index contributed by atoms with van der Waals surface area (Å²) < 4.78 is 91.8. The number of pyridine rings is 1. The topological polar surface area (TPSA) is 22.1 Å². The normalized spacial score (nSPS) is 12.3. The van der Waals surface area contributed by atoms with Crippen LogP contribution in [0, 0.1) is 5.95 Å². The molecule has 2 nitrogen and oxygen atoms in total. The molecule has 0 radical (unpaired) electrons. The molecule has 2 rings (SSSR count). The van der Waals surface area contributed by atoms with Crippen LogP contribution in [0.15, 0.2) is 36.5 Å². The Balaban J connectivity index is 2.45. The molecule has 0 unspecified atom stereocenters. The van der Waals surface area contributed by atoms with Gasteiger partial charge in [0.05, 0.1) is 5.56 Å². The first-order valence-electron chi connectivity index (χ1n) is 5.66. The Hall–Kier alpha value is -2.32. The molecule has 0 aliphatic rings. The lowest BCUT2D eigenvalue weighted by atomic mass is 10.0. The maximum atomic E-state index is 13.6. The molecule has 1 heterocycles. The molecular weight excluding hydrogens is 319 g/mol. The summed E-state index contributed by atoms with van der Waals surface area (Å²) in [5.74, 6) is -2.01. The van der Waals surface area contributed by atoms with Crippen molar-refractivity contribution in [2.24, 2.45) is 0 Å². The molecule has 0 saturated heterocycles. The molecule has 0 saturated carbocycles. The molecule has 0 aliphatic carbocycles. The number of halogens is 7. The fourth-order valence-corrected chi connectivity index (χ4v) is 1.77. The fraction of sp³-hybridized carbons (Fsp3) is 0.154. The molecule has 0 spiro atoms. The van der Waals surface area contributed by atoms with Crippen LogP contribution >= 0.6 is 0 Å². The summed E-state index contributed by atoms with van der Waals surface area (Å²) in [6.45, 7) is 0. The van der Waals surface area contributed by atoms with E-state index in [1.165, 1.54) is 0 Å². The first kappa shape index (κ1) is 16.1. The van der Waals surface area contributed by atoms with E-state index in [0.29, 0.717) is 12.3 Å². The Bertz CT molecular complexity index is 662. The first-order valence-corrected chi connectivity index (χ1v) is 5.66. The quantitative estimate of drug-likeness (QED) is 0.584. The zero-order valence-corrected chi connectivity index (χ0v) is 10.5. The molecule has 9 heteroatoms. The third kappa shape index (κ3) is 3.66. The molecule has 1 aromatic carbocycles. The molecule has 22 heavy (non-hydrogen) atoms. The monoisotopic (exact) mass is 325 g/mol. The lowest BCUT2D eigenvalue weighted by Gasteiger charge is -2.14. The molecule has 0 N–H and O–H groups in total. The molecule has 0 fully saturated rings. The minimum Gasteiger partial charge on any atom is -0.406 e. The number of rotatable bonds is 2. The second-order valence-electron chi connectivity index (χ2n) is 4.09. The van der Waals surface area contributed by atoms with Gasteiger partial charge in [-0.1, -0.05) is 12.1 Å². The van der Waals surface area contributed by atoms with Gasteiger partial charge in [-0.3, -0.25) is 0 Å². The number of hydrogen-bond donors (Lipinski definition) is 0. The third-order valence-corrected chi connectivity index (χ3v) is 2.59. The van der Waals surface area contributed by atoms with Crippen LogP contribution in [-0.4, -0.2) is 11.3 Å². The summed E-state index contributed by atoms with van der Waals surface area (Å²) in [6.07, 6.45) is -9.11. The Morgan fingerprint density at radius 3 is 1.95 bits per heavy atom. The molecule has 0 aliphatic heterocycles. The summed E-state index contributed by atoms with van der Waals surface area (Å²) in [5, 5.41) is 0. The van der Waals surface area contributed by atoms with E-state index in [0.717, 1.165) is 24.3 Å². The second kappa shape index (κ2) is 5.47. The van der Waals surface area contributed by atoms with Gasteiger partial charge in [0, 0.05) is 11.8 Å². The van der Waals surface area contributed by atoms with Crippen molar-refractivity contribution in [1.82, 2.24) is 4.98 Å². The summed E-state index contributed by atoms with van der Waals surface area (Å²) in [4.78, 5) is 3.13. The Kier molecular flexibility index (Phi) is 3.99. The van der Waals surface area contributed by atoms with Crippen LogP contribution in [0.5, 0.6) is 5.75 Å². The van der Waals surface area contributed by atoms with E-state index in [2.05, 4.69) is 9.72 Å². The van der Waals surface area contributed by atoms with Gasteiger partial charge in [-0.2, -0.15) is 17.6 Å². The van der Waals surface area contributed by atoms with E-state index >= 15 is 0 Å². The Labute approximate surface area is 119 Å². The van der Waals surface area contributed by atoms with Gasteiger partial charge in [-0.25, -0.2) is 4.98 Å². The summed E-state index contributed by atoms with van der Waals surface area (Å²) in [7, 11) is 0. The van der Waals surface area contributed by atoms with Gasteiger partial charge in [-0.15, -0.1) is 13.2 Å². The van der Waals surface area contributed by atoms with Crippen LogP contribution in [0.2, 0.25) is 0 Å². The second-order valence-corrected chi connectivity index (χ2v) is 4.09. The standard InChI is InChI=1S/C13H6F7NO/c14-11-10(9(5-6-21-11)12(15,16)17)7-1-3-8(4-2-7)22-13(18,19)20/h1-6H. The molecule has 2 aromatic rings. The van der Waals surface area contributed by atoms with Crippen LogP contribution in [0.25, 0.3) is 11.1 Å². The molecule has 1 aromatic heterocycles. The van der Waals surface area contributed by atoms with Gasteiger partial charge in [0.2, 0.25) is 5.95 Å². The van der Waals surface area contributed by atoms with Gasteiger partial charge in [0.1, 0.15) is 5.75 Å². The highest BCUT2D eigenvalue weighted by atomic mass is 19.4. The van der Waals surface area contributed by atoms with Crippen molar-refractivity contribution in [1.29, 1.82) is 0 Å². The van der Waals surface area contributed by atoms with E-state index in [4.69, 9.17) is 0 Å². The Morgan fingerprint density at radius 2 is 1.45 bits per heavy atom. The van der Waals surface area contributed by atoms with Crippen LogP contribution < -0.4 is 4.74 Å².